The molecule has 0 aliphatic carbocycles. The number of nitrogens with one attached hydrogen (secondary N) is 1. The van der Waals surface area contributed by atoms with Gasteiger partial charge in [0.05, 0.1) is 6.54 Å². The molecular formula is C12H15N3OS2. The van der Waals surface area contributed by atoms with Crippen LogP contribution in [0.25, 0.3) is 0 Å². The summed E-state index contributed by atoms with van der Waals surface area (Å²) in [5.74, 6) is -0.0660. The average Bonchev–Trinajstić information content (AvgIpc) is 2.96. The highest BCUT2D eigenvalue weighted by molar-refractivity contribution is 7.11. The molecule has 0 radical (unpaired) electrons. The second kappa shape index (κ2) is 5.16. The molecule has 0 aliphatic rings. The second-order valence-electron chi connectivity index (χ2n) is 4.95. The number of hydrogen-bond donors (Lipinski definition) is 1. The number of nitrogens with zero attached hydrogens (tertiary/aromatic N) is 2. The number of hydrogen-bond acceptors (Lipinski definition) is 5. The van der Waals surface area contributed by atoms with E-state index in [9.17, 15) is 4.79 Å². The summed E-state index contributed by atoms with van der Waals surface area (Å²) in [6, 6.07) is 1.81. The maximum Gasteiger partial charge on any atom is 0.252 e. The molecule has 0 atom stereocenters. The van der Waals surface area contributed by atoms with Crippen molar-refractivity contribution in [2.75, 3.05) is 0 Å². The lowest BCUT2D eigenvalue weighted by Gasteiger charge is -2.12. The fraction of sp³-hybridized carbons (Fsp3) is 0.417. The smallest absolute Gasteiger partial charge is 0.252 e. The van der Waals surface area contributed by atoms with Gasteiger partial charge in [-0.25, -0.2) is 0 Å². The Bertz CT molecular complexity index is 526. The first kappa shape index (κ1) is 13.2. The monoisotopic (exact) mass is 281 g/mol. The molecule has 0 unspecified atom stereocenters. The van der Waals surface area contributed by atoms with Crippen LogP contribution in [0.5, 0.6) is 0 Å². The van der Waals surface area contributed by atoms with Gasteiger partial charge >= 0.3 is 0 Å². The SMILES string of the molecule is CC(C)(C)c1nnc(CNC(=O)c2ccsc2)s1. The van der Waals surface area contributed by atoms with Gasteiger partial charge in [-0.2, -0.15) is 11.3 Å². The Hall–Kier alpha value is -1.27. The first-order valence-corrected chi connectivity index (χ1v) is 7.36. The summed E-state index contributed by atoms with van der Waals surface area (Å²) in [6.07, 6.45) is 0. The molecule has 18 heavy (non-hydrogen) atoms. The van der Waals surface area contributed by atoms with Gasteiger partial charge < -0.3 is 5.32 Å². The van der Waals surface area contributed by atoms with Gasteiger partial charge in [0.25, 0.3) is 5.91 Å². The summed E-state index contributed by atoms with van der Waals surface area (Å²) >= 11 is 3.06. The largest absolute Gasteiger partial charge is 0.345 e. The Balaban J connectivity index is 1.95. The molecule has 1 N–H and O–H groups in total. The van der Waals surface area contributed by atoms with Crippen LogP contribution in [0.4, 0.5) is 0 Å². The summed E-state index contributed by atoms with van der Waals surface area (Å²) in [5, 5.41) is 16.6. The van der Waals surface area contributed by atoms with E-state index in [1.807, 2.05) is 10.8 Å². The highest BCUT2D eigenvalue weighted by atomic mass is 32.1. The van der Waals surface area contributed by atoms with Crippen LogP contribution in [0.1, 0.15) is 41.1 Å². The summed E-state index contributed by atoms with van der Waals surface area (Å²) in [5.41, 5.74) is 0.702. The Morgan fingerprint density at radius 2 is 2.17 bits per heavy atom. The van der Waals surface area contributed by atoms with Crippen LogP contribution in [-0.4, -0.2) is 16.1 Å². The first-order chi connectivity index (χ1) is 8.47. The molecule has 2 rings (SSSR count). The topological polar surface area (TPSA) is 54.9 Å². The lowest BCUT2D eigenvalue weighted by atomic mass is 9.98. The third-order valence-electron chi connectivity index (χ3n) is 2.29. The van der Waals surface area contributed by atoms with Crippen molar-refractivity contribution < 1.29 is 4.79 Å². The summed E-state index contributed by atoms with van der Waals surface area (Å²) < 4.78 is 0. The normalized spacial score (nSPS) is 11.5. The van der Waals surface area contributed by atoms with Crippen molar-refractivity contribution in [2.24, 2.45) is 0 Å². The van der Waals surface area contributed by atoms with Gasteiger partial charge in [-0.05, 0) is 11.4 Å². The van der Waals surface area contributed by atoms with E-state index in [0.29, 0.717) is 12.1 Å². The van der Waals surface area contributed by atoms with Gasteiger partial charge in [0.15, 0.2) is 0 Å². The molecule has 2 aromatic rings. The number of carbonyl (C=O) groups excluding carboxylic acids is 1. The van der Waals surface area contributed by atoms with Gasteiger partial charge in [0, 0.05) is 16.4 Å². The van der Waals surface area contributed by atoms with Crippen LogP contribution in [0, 0.1) is 0 Å². The van der Waals surface area contributed by atoms with E-state index in [1.165, 1.54) is 11.3 Å². The molecule has 6 heteroatoms. The maximum atomic E-state index is 11.7. The number of carbonyl (C=O) groups is 1. The predicted molar refractivity (Wildman–Crippen MR) is 74.1 cm³/mol. The van der Waals surface area contributed by atoms with E-state index in [4.69, 9.17) is 0 Å². The molecular weight excluding hydrogens is 266 g/mol. The molecule has 0 aromatic carbocycles. The third kappa shape index (κ3) is 3.14. The van der Waals surface area contributed by atoms with E-state index < -0.39 is 0 Å². The minimum atomic E-state index is -0.0660. The molecule has 0 saturated carbocycles. The summed E-state index contributed by atoms with van der Waals surface area (Å²) in [6.45, 7) is 6.73. The predicted octanol–water partition coefficient (Wildman–Crippen LogP) is 2.83. The number of aromatic nitrogens is 2. The average molecular weight is 281 g/mol. The lowest BCUT2D eigenvalue weighted by molar-refractivity contribution is 0.0951. The zero-order chi connectivity index (χ0) is 13.2. The molecule has 0 bridgehead atoms. The standard InChI is InChI=1S/C12H15N3OS2/c1-12(2,3)11-15-14-9(18-11)6-13-10(16)8-4-5-17-7-8/h4-5,7H,6H2,1-3H3,(H,13,16). The summed E-state index contributed by atoms with van der Waals surface area (Å²) in [4.78, 5) is 11.7. The van der Waals surface area contributed by atoms with Gasteiger partial charge in [-0.3, -0.25) is 4.79 Å². The van der Waals surface area contributed by atoms with Crippen LogP contribution in [0.15, 0.2) is 16.8 Å². The molecule has 0 saturated heterocycles. The first-order valence-electron chi connectivity index (χ1n) is 5.60. The minimum Gasteiger partial charge on any atom is -0.345 e. The fourth-order valence-electron chi connectivity index (χ4n) is 1.28. The Morgan fingerprint density at radius 3 is 2.72 bits per heavy atom. The van der Waals surface area contributed by atoms with Crippen molar-refractivity contribution in [3.8, 4) is 0 Å². The van der Waals surface area contributed by atoms with Gasteiger partial charge in [0.2, 0.25) is 0 Å². The number of amides is 1. The molecule has 1 amide bonds. The zero-order valence-corrected chi connectivity index (χ0v) is 12.2. The van der Waals surface area contributed by atoms with E-state index in [1.54, 1.807) is 17.4 Å². The number of thiophene rings is 1. The van der Waals surface area contributed by atoms with Crippen LogP contribution >= 0.6 is 22.7 Å². The van der Waals surface area contributed by atoms with Crippen molar-refractivity contribution in [1.82, 2.24) is 15.5 Å². The van der Waals surface area contributed by atoms with E-state index >= 15 is 0 Å². The fourth-order valence-corrected chi connectivity index (χ4v) is 2.75. The lowest BCUT2D eigenvalue weighted by Crippen LogP contribution is -2.22. The van der Waals surface area contributed by atoms with Gasteiger partial charge in [-0.1, -0.05) is 32.1 Å². The van der Waals surface area contributed by atoms with Gasteiger partial charge in [-0.15, -0.1) is 10.2 Å². The van der Waals surface area contributed by atoms with Crippen molar-refractivity contribution in [2.45, 2.75) is 32.7 Å². The van der Waals surface area contributed by atoms with Crippen LogP contribution in [0.3, 0.4) is 0 Å². The quantitative estimate of drug-likeness (QED) is 0.941. The van der Waals surface area contributed by atoms with E-state index in [0.717, 1.165) is 10.0 Å². The van der Waals surface area contributed by atoms with E-state index in [-0.39, 0.29) is 11.3 Å². The molecule has 0 aliphatic heterocycles. The van der Waals surface area contributed by atoms with Crippen LogP contribution in [-0.2, 0) is 12.0 Å². The Kier molecular flexibility index (Phi) is 3.77. The van der Waals surface area contributed by atoms with Crippen molar-refractivity contribution in [3.63, 3.8) is 0 Å². The molecule has 0 spiro atoms. The molecule has 96 valence electrons. The zero-order valence-electron chi connectivity index (χ0n) is 10.6. The van der Waals surface area contributed by atoms with Gasteiger partial charge in [0.1, 0.15) is 10.0 Å². The van der Waals surface area contributed by atoms with Crippen molar-refractivity contribution in [3.05, 3.63) is 32.4 Å². The highest BCUT2D eigenvalue weighted by Gasteiger charge is 2.19. The molecule has 4 nitrogen and oxygen atoms in total. The minimum absolute atomic E-state index is 0.00723. The highest BCUT2D eigenvalue weighted by Crippen LogP contribution is 2.25. The van der Waals surface area contributed by atoms with E-state index in [2.05, 4.69) is 36.3 Å². The molecule has 2 heterocycles. The molecule has 0 fully saturated rings. The summed E-state index contributed by atoms with van der Waals surface area (Å²) in [7, 11) is 0. The van der Waals surface area contributed by atoms with Crippen molar-refractivity contribution in [1.29, 1.82) is 0 Å². The maximum absolute atomic E-state index is 11.7. The van der Waals surface area contributed by atoms with Crippen molar-refractivity contribution >= 4 is 28.6 Å². The molecule has 2 aromatic heterocycles. The van der Waals surface area contributed by atoms with Crippen LogP contribution < -0.4 is 5.32 Å². The second-order valence-corrected chi connectivity index (χ2v) is 6.79. The third-order valence-corrected chi connectivity index (χ3v) is 4.32. The Labute approximate surface area is 114 Å². The van der Waals surface area contributed by atoms with Crippen LogP contribution in [0.2, 0.25) is 0 Å². The number of rotatable bonds is 3. The Morgan fingerprint density at radius 1 is 1.39 bits per heavy atom.